The first-order valence-electron chi connectivity index (χ1n) is 6.08. The fraction of sp³-hybridized carbons (Fsp3) is 0.250. The van der Waals surface area contributed by atoms with E-state index in [1.54, 1.807) is 6.07 Å². The van der Waals surface area contributed by atoms with Gasteiger partial charge in [0.1, 0.15) is 0 Å². The number of benzene rings is 2. The van der Waals surface area contributed by atoms with Crippen LogP contribution in [0.2, 0.25) is 0 Å². The van der Waals surface area contributed by atoms with Crippen LogP contribution < -0.4 is 0 Å². The maximum absolute atomic E-state index is 9.56. The van der Waals surface area contributed by atoms with Crippen molar-refractivity contribution >= 4 is 0 Å². The monoisotopic (exact) mass is 242 g/mol. The lowest BCUT2D eigenvalue weighted by Crippen LogP contribution is -1.99. The Hall–Kier alpha value is -1.96. The van der Waals surface area contributed by atoms with E-state index in [9.17, 15) is 10.2 Å². The highest BCUT2D eigenvalue weighted by atomic mass is 16.3. The Morgan fingerprint density at radius 3 is 2.22 bits per heavy atom. The minimum absolute atomic E-state index is 0.0656. The number of aryl methyl sites for hydroxylation is 2. The number of hydrogen-bond donors (Lipinski definition) is 2. The molecule has 2 aromatic rings. The molecule has 0 saturated carbocycles. The highest BCUT2D eigenvalue weighted by Crippen LogP contribution is 2.32. The number of rotatable bonds is 2. The van der Waals surface area contributed by atoms with E-state index in [0.717, 1.165) is 5.56 Å². The zero-order valence-corrected chi connectivity index (χ0v) is 10.9. The molecule has 2 nitrogen and oxygen atoms in total. The van der Waals surface area contributed by atoms with E-state index in [0.29, 0.717) is 0 Å². The summed E-state index contributed by atoms with van der Waals surface area (Å²) in [5.74, 6) is 0.0489. The van der Waals surface area contributed by atoms with Crippen molar-refractivity contribution in [2.45, 2.75) is 26.7 Å². The third-order valence-corrected chi connectivity index (χ3v) is 3.39. The fourth-order valence-corrected chi connectivity index (χ4v) is 2.30. The van der Waals surface area contributed by atoms with Crippen LogP contribution in [0, 0.1) is 13.8 Å². The standard InChI is InChI=1S/C16H18O2/c1-10-4-6-14(11(2)8-10)12(3)13-5-7-15(17)16(18)9-13/h4-9,12,17-18H,1-3H3/t12-/m0/s1. The molecular formula is C16H18O2. The molecule has 2 heteroatoms. The molecule has 0 aliphatic rings. The van der Waals surface area contributed by atoms with E-state index in [-0.39, 0.29) is 17.4 Å². The number of phenolic OH excluding ortho intramolecular Hbond substituents is 2. The Kier molecular flexibility index (Phi) is 3.28. The molecule has 0 amide bonds. The van der Waals surface area contributed by atoms with Crippen molar-refractivity contribution in [1.82, 2.24) is 0 Å². The van der Waals surface area contributed by atoms with Crippen LogP contribution in [0.3, 0.4) is 0 Å². The van der Waals surface area contributed by atoms with Crippen LogP contribution in [0.15, 0.2) is 36.4 Å². The van der Waals surface area contributed by atoms with Crippen LogP contribution in [-0.4, -0.2) is 10.2 Å². The Balaban J connectivity index is 2.41. The van der Waals surface area contributed by atoms with Gasteiger partial charge >= 0.3 is 0 Å². The van der Waals surface area contributed by atoms with Crippen LogP contribution in [0.5, 0.6) is 11.5 Å². The van der Waals surface area contributed by atoms with E-state index in [4.69, 9.17) is 0 Å². The Bertz CT molecular complexity index is 573. The van der Waals surface area contributed by atoms with Gasteiger partial charge in [-0.3, -0.25) is 0 Å². The van der Waals surface area contributed by atoms with Crippen LogP contribution in [0.1, 0.15) is 35.1 Å². The summed E-state index contributed by atoms with van der Waals surface area (Å²) in [6.07, 6.45) is 0. The molecule has 0 bridgehead atoms. The molecule has 0 spiro atoms. The summed E-state index contributed by atoms with van der Waals surface area (Å²) >= 11 is 0. The van der Waals surface area contributed by atoms with Crippen molar-refractivity contribution in [2.24, 2.45) is 0 Å². The molecule has 0 unspecified atom stereocenters. The molecule has 2 aromatic carbocycles. The first-order chi connectivity index (χ1) is 8.49. The zero-order chi connectivity index (χ0) is 13.3. The van der Waals surface area contributed by atoms with Gasteiger partial charge in [0.15, 0.2) is 11.5 Å². The molecule has 2 rings (SSSR count). The molecule has 0 aliphatic heterocycles. The normalized spacial score (nSPS) is 12.4. The lowest BCUT2D eigenvalue weighted by molar-refractivity contribution is 0.403. The minimum Gasteiger partial charge on any atom is -0.504 e. The van der Waals surface area contributed by atoms with Gasteiger partial charge in [-0.25, -0.2) is 0 Å². The van der Waals surface area contributed by atoms with E-state index in [1.807, 2.05) is 6.07 Å². The fourth-order valence-electron chi connectivity index (χ4n) is 2.30. The van der Waals surface area contributed by atoms with Gasteiger partial charge in [-0.15, -0.1) is 0 Å². The molecule has 0 fully saturated rings. The highest BCUT2D eigenvalue weighted by molar-refractivity contribution is 5.45. The SMILES string of the molecule is Cc1ccc([C@@H](C)c2ccc(O)c(O)c2)c(C)c1. The smallest absolute Gasteiger partial charge is 0.157 e. The zero-order valence-electron chi connectivity index (χ0n) is 10.9. The van der Waals surface area contributed by atoms with Crippen LogP contribution in [-0.2, 0) is 0 Å². The van der Waals surface area contributed by atoms with Gasteiger partial charge < -0.3 is 10.2 Å². The number of hydrogen-bond acceptors (Lipinski definition) is 2. The van der Waals surface area contributed by atoms with Gasteiger partial charge in [-0.05, 0) is 42.7 Å². The maximum atomic E-state index is 9.56. The second kappa shape index (κ2) is 4.73. The van der Waals surface area contributed by atoms with E-state index in [1.165, 1.54) is 22.8 Å². The summed E-state index contributed by atoms with van der Waals surface area (Å²) < 4.78 is 0. The van der Waals surface area contributed by atoms with Crippen molar-refractivity contribution < 1.29 is 10.2 Å². The molecule has 1 atom stereocenters. The van der Waals surface area contributed by atoms with E-state index < -0.39 is 0 Å². The second-order valence-corrected chi connectivity index (χ2v) is 4.83. The topological polar surface area (TPSA) is 40.5 Å². The number of aromatic hydroxyl groups is 2. The van der Waals surface area contributed by atoms with Gasteiger partial charge in [-0.1, -0.05) is 36.8 Å². The highest BCUT2D eigenvalue weighted by Gasteiger charge is 2.12. The first kappa shape index (κ1) is 12.5. The Morgan fingerprint density at radius 2 is 1.61 bits per heavy atom. The molecule has 94 valence electrons. The second-order valence-electron chi connectivity index (χ2n) is 4.83. The first-order valence-corrected chi connectivity index (χ1v) is 6.08. The summed E-state index contributed by atoms with van der Waals surface area (Å²) in [7, 11) is 0. The molecular weight excluding hydrogens is 224 g/mol. The lowest BCUT2D eigenvalue weighted by atomic mass is 9.89. The quantitative estimate of drug-likeness (QED) is 0.785. The molecule has 0 aliphatic carbocycles. The lowest BCUT2D eigenvalue weighted by Gasteiger charge is -2.16. The minimum atomic E-state index is -0.0772. The molecule has 0 radical (unpaired) electrons. The molecule has 18 heavy (non-hydrogen) atoms. The van der Waals surface area contributed by atoms with Gasteiger partial charge in [0, 0.05) is 5.92 Å². The van der Waals surface area contributed by atoms with Crippen molar-refractivity contribution in [3.8, 4) is 11.5 Å². The summed E-state index contributed by atoms with van der Waals surface area (Å²) in [4.78, 5) is 0. The third-order valence-electron chi connectivity index (χ3n) is 3.39. The third kappa shape index (κ3) is 2.33. The van der Waals surface area contributed by atoms with Crippen molar-refractivity contribution in [3.05, 3.63) is 58.7 Å². The Labute approximate surface area is 108 Å². The van der Waals surface area contributed by atoms with Crippen LogP contribution >= 0.6 is 0 Å². The van der Waals surface area contributed by atoms with Crippen molar-refractivity contribution in [1.29, 1.82) is 0 Å². The predicted molar refractivity (Wildman–Crippen MR) is 73.2 cm³/mol. The molecule has 2 N–H and O–H groups in total. The summed E-state index contributed by atoms with van der Waals surface area (Å²) in [5.41, 5.74) is 4.73. The molecule has 0 saturated heterocycles. The Morgan fingerprint density at radius 1 is 0.889 bits per heavy atom. The van der Waals surface area contributed by atoms with E-state index >= 15 is 0 Å². The van der Waals surface area contributed by atoms with Gasteiger partial charge in [0.25, 0.3) is 0 Å². The molecule has 0 aromatic heterocycles. The van der Waals surface area contributed by atoms with Gasteiger partial charge in [0.2, 0.25) is 0 Å². The van der Waals surface area contributed by atoms with Crippen molar-refractivity contribution in [2.75, 3.05) is 0 Å². The molecule has 0 heterocycles. The predicted octanol–water partition coefficient (Wildman–Crippen LogP) is 3.87. The summed E-state index contributed by atoms with van der Waals surface area (Å²) in [6, 6.07) is 11.4. The number of phenols is 2. The van der Waals surface area contributed by atoms with Crippen molar-refractivity contribution in [3.63, 3.8) is 0 Å². The average Bonchev–Trinajstić information content (AvgIpc) is 2.32. The van der Waals surface area contributed by atoms with Crippen LogP contribution in [0.4, 0.5) is 0 Å². The summed E-state index contributed by atoms with van der Waals surface area (Å²) in [6.45, 7) is 6.27. The van der Waals surface area contributed by atoms with Gasteiger partial charge in [-0.2, -0.15) is 0 Å². The van der Waals surface area contributed by atoms with Gasteiger partial charge in [0.05, 0.1) is 0 Å². The van der Waals surface area contributed by atoms with Crippen LogP contribution in [0.25, 0.3) is 0 Å². The average molecular weight is 242 g/mol. The largest absolute Gasteiger partial charge is 0.504 e. The van der Waals surface area contributed by atoms with E-state index in [2.05, 4.69) is 39.0 Å². The summed E-state index contributed by atoms with van der Waals surface area (Å²) in [5, 5.41) is 18.9. The maximum Gasteiger partial charge on any atom is 0.157 e.